The Labute approximate surface area is 417 Å². The number of nitro benzene ring substituents is 1. The zero-order valence-electron chi connectivity index (χ0n) is 42.2. The van der Waals surface area contributed by atoms with Crippen molar-refractivity contribution >= 4 is 41.1 Å². The van der Waals surface area contributed by atoms with Crippen molar-refractivity contribution in [3.05, 3.63) is 58.7 Å². The number of nitrogens with zero attached hydrogens (tertiary/aromatic N) is 1. The number of non-ortho nitro benzene ring substituents is 1. The summed E-state index contributed by atoms with van der Waals surface area (Å²) >= 11 is 9.53. The third kappa shape index (κ3) is 16.2. The van der Waals surface area contributed by atoms with Gasteiger partial charge < -0.3 is 63.9 Å². The minimum atomic E-state index is -0.994. The first-order chi connectivity index (χ1) is 32.2. The monoisotopic (exact) mass is 1020 g/mol. The van der Waals surface area contributed by atoms with Gasteiger partial charge in [-0.05, 0) is 91.2 Å². The van der Waals surface area contributed by atoms with Gasteiger partial charge in [0.1, 0.15) is 64.8 Å². The lowest BCUT2D eigenvalue weighted by Gasteiger charge is -2.42. The van der Waals surface area contributed by atoms with E-state index in [2.05, 4.69) is 71.2 Å². The van der Waals surface area contributed by atoms with Crippen LogP contribution in [0, 0.1) is 33.8 Å². The number of alkyl carbamates (subject to hydrolysis) is 1. The number of epoxide rings is 4. The summed E-state index contributed by atoms with van der Waals surface area (Å²) in [6.45, 7) is 21.0. The molecule has 18 nitrogen and oxygen atoms in total. The largest absolute Gasteiger partial charge is 0.514 e. The minimum absolute atomic E-state index is 0.0152. The molecule has 7 rings (SSSR count). The Morgan fingerprint density at radius 2 is 1.25 bits per heavy atom. The molecule has 1 aromatic carbocycles. The topological polar surface area (TPSA) is 252 Å². The molecule has 6 aliphatic rings. The van der Waals surface area contributed by atoms with E-state index in [0.717, 1.165) is 12.8 Å². The fraction of sp³-hybridized carbons (Fsp3) is 0.755. The van der Waals surface area contributed by atoms with Gasteiger partial charge in [-0.25, -0.2) is 9.59 Å². The van der Waals surface area contributed by atoms with Crippen molar-refractivity contribution in [2.75, 3.05) is 45.9 Å². The molecular formula is C49H77Cl2N3O15. The number of hydrogen-bond donors (Lipinski definition) is 4. The van der Waals surface area contributed by atoms with Crippen LogP contribution < -0.4 is 15.8 Å². The Morgan fingerprint density at radius 1 is 0.841 bits per heavy atom. The summed E-state index contributed by atoms with van der Waals surface area (Å²) in [6, 6.07) is 5.24. The van der Waals surface area contributed by atoms with E-state index in [1.165, 1.54) is 24.3 Å². The van der Waals surface area contributed by atoms with Crippen molar-refractivity contribution in [1.29, 1.82) is 0 Å². The minimum Gasteiger partial charge on any atom is -0.443 e. The smallest absolute Gasteiger partial charge is 0.443 e. The second-order valence-corrected chi connectivity index (χ2v) is 21.6. The summed E-state index contributed by atoms with van der Waals surface area (Å²) in [5.74, 6) is 0.921. The molecule has 0 radical (unpaired) electrons. The summed E-state index contributed by atoms with van der Waals surface area (Å²) in [4.78, 5) is 34.9. The van der Waals surface area contributed by atoms with Crippen LogP contribution in [0.1, 0.15) is 94.9 Å². The Morgan fingerprint density at radius 3 is 1.58 bits per heavy atom. The van der Waals surface area contributed by atoms with E-state index < -0.39 is 51.8 Å². The number of nitrogens with one attached hydrogen (secondary N) is 1. The van der Waals surface area contributed by atoms with Crippen LogP contribution in [0.15, 0.2) is 48.6 Å². The van der Waals surface area contributed by atoms with E-state index in [4.69, 9.17) is 76.7 Å². The summed E-state index contributed by atoms with van der Waals surface area (Å²) in [5.41, 5.74) is 1.86. The molecule has 69 heavy (non-hydrogen) atoms. The molecule has 392 valence electrons. The van der Waals surface area contributed by atoms with Gasteiger partial charge in [-0.2, -0.15) is 0 Å². The highest BCUT2D eigenvalue weighted by Gasteiger charge is 2.73. The van der Waals surface area contributed by atoms with E-state index in [-0.39, 0.29) is 70.8 Å². The lowest BCUT2D eigenvalue weighted by molar-refractivity contribution is -0.384. The molecule has 4 aliphatic heterocycles. The number of benzene rings is 1. The number of rotatable bonds is 15. The lowest BCUT2D eigenvalue weighted by Crippen LogP contribution is -2.56. The van der Waals surface area contributed by atoms with Crippen molar-refractivity contribution < 1.29 is 67.4 Å². The molecule has 1 amide bonds. The van der Waals surface area contributed by atoms with E-state index in [1.54, 1.807) is 41.9 Å². The molecule has 2 spiro atoms. The maximum atomic E-state index is 12.4. The van der Waals surface area contributed by atoms with Crippen molar-refractivity contribution in [2.45, 2.75) is 165 Å². The second kappa shape index (κ2) is 24.1. The maximum Gasteiger partial charge on any atom is 0.514 e. The SMILES string of the molecule is CC(C)(O)CN.CO[C@H]1C([C@]2(C)O[C@@H]2/C=C/C(C)C)[C@]2(CC[C@H]1OC(=O)NCC(C)(C)O)CO2.CO[C@H]1C([C@]2(C)O[C@@H]2/C=C/C(C)C)[C@]2(CC[C@H]1OC(=O)Oc1ccc([N+](=O)[O-])cc1)CO2.ClCCl. The normalized spacial score (nSPS) is 34.2. The average molecular weight is 1020 g/mol. The molecule has 0 aromatic heterocycles. The number of hydrogen-bond acceptors (Lipinski definition) is 16. The number of methoxy groups -OCH3 is 2. The number of allylic oxidation sites excluding steroid dienone is 2. The average Bonchev–Trinajstić information content (AvgIpc) is 4.15. The Hall–Kier alpha value is -3.14. The van der Waals surface area contributed by atoms with Crippen LogP contribution in [0.2, 0.25) is 0 Å². The van der Waals surface area contributed by atoms with Crippen molar-refractivity contribution in [3.63, 3.8) is 0 Å². The van der Waals surface area contributed by atoms with E-state index in [0.29, 0.717) is 44.4 Å². The van der Waals surface area contributed by atoms with Gasteiger partial charge in [0.2, 0.25) is 0 Å². The predicted molar refractivity (Wildman–Crippen MR) is 259 cm³/mol. The van der Waals surface area contributed by atoms with E-state index in [9.17, 15) is 24.8 Å². The van der Waals surface area contributed by atoms with Gasteiger partial charge in [0.15, 0.2) is 0 Å². The van der Waals surface area contributed by atoms with E-state index >= 15 is 0 Å². The molecule has 2 aliphatic carbocycles. The van der Waals surface area contributed by atoms with Crippen molar-refractivity contribution in [2.24, 2.45) is 29.4 Å². The number of amides is 1. The fourth-order valence-electron chi connectivity index (χ4n) is 9.23. The molecule has 5 N–H and O–H groups in total. The highest BCUT2D eigenvalue weighted by Crippen LogP contribution is 2.60. The highest BCUT2D eigenvalue weighted by atomic mass is 35.5. The molecule has 4 saturated heterocycles. The number of nitro groups is 1. The van der Waals surface area contributed by atoms with Gasteiger partial charge in [0.05, 0.1) is 46.5 Å². The third-order valence-electron chi connectivity index (χ3n) is 13.1. The maximum absolute atomic E-state index is 12.4. The quantitative estimate of drug-likeness (QED) is 0.0251. The zero-order valence-corrected chi connectivity index (χ0v) is 43.8. The van der Waals surface area contributed by atoms with Crippen LogP contribution in [0.5, 0.6) is 5.75 Å². The van der Waals surface area contributed by atoms with Crippen LogP contribution in [0.25, 0.3) is 0 Å². The molecule has 6 fully saturated rings. The van der Waals surface area contributed by atoms with E-state index in [1.807, 2.05) is 0 Å². The molecule has 1 aromatic rings. The van der Waals surface area contributed by atoms with Gasteiger partial charge in [0, 0.05) is 39.4 Å². The number of carbonyl (C=O) groups excluding carboxylic acids is 2. The van der Waals surface area contributed by atoms with Gasteiger partial charge >= 0.3 is 12.2 Å². The molecule has 0 bridgehead atoms. The molecule has 4 heterocycles. The number of alkyl halides is 2. The second-order valence-electron chi connectivity index (χ2n) is 20.8. The Bertz CT molecular complexity index is 1900. The predicted octanol–water partition coefficient (Wildman–Crippen LogP) is 7.60. The fourth-order valence-corrected chi connectivity index (χ4v) is 9.23. The highest BCUT2D eigenvalue weighted by molar-refractivity contribution is 6.40. The van der Waals surface area contributed by atoms with Gasteiger partial charge in [-0.1, -0.05) is 52.0 Å². The molecular weight excluding hydrogens is 941 g/mol. The number of nitrogens with two attached hydrogens (primary N) is 1. The number of ether oxygens (including phenoxy) is 9. The molecule has 2 saturated carbocycles. The molecule has 2 unspecified atom stereocenters. The standard InChI is InChI=1S/C23H29NO8.C21H35NO6.C4H11NO.CH2Cl2/c1-14(2)5-10-18-22(3,32-18)20-19(28-4)17(11-12-23(20)13-29-23)31-21(25)30-16-8-6-15(7-9-16)24(26)27;1-13(2)7-8-15-20(5,28-15)17-16(25-6)14(9-10-21(17)12-26-21)27-18(23)22-11-19(3,4)24;1-4(2,6)3-5;2-1-3/h5-10,14,17-20H,11-13H2,1-4H3;7-8,13-17,24H,9-12H2,1-6H3,(H,22,23);6H,3,5H2,1-2H3;1H2/b10-5+;8-7+;;/t17-,18-,19-,20?,22-,23+;14-,15-,16-,17?,20-,21+;;/m11../s1. The van der Waals surface area contributed by atoms with Gasteiger partial charge in [-0.15, -0.1) is 23.2 Å². The summed E-state index contributed by atoms with van der Waals surface area (Å²) in [6.07, 6.45) is 8.17. The lowest BCUT2D eigenvalue weighted by atomic mass is 9.68. The van der Waals surface area contributed by atoms with Crippen LogP contribution in [0.3, 0.4) is 0 Å². The number of carbonyl (C=O) groups is 2. The van der Waals surface area contributed by atoms with Gasteiger partial charge in [0.25, 0.3) is 5.69 Å². The zero-order chi connectivity index (χ0) is 51.8. The molecule has 12 atom stereocenters. The first-order valence-electron chi connectivity index (χ1n) is 23.6. The number of aliphatic hydroxyl groups is 2. The summed E-state index contributed by atoms with van der Waals surface area (Å²) in [7, 11) is 3.25. The van der Waals surface area contributed by atoms with Crippen LogP contribution >= 0.6 is 23.2 Å². The first-order valence-corrected chi connectivity index (χ1v) is 24.6. The third-order valence-corrected chi connectivity index (χ3v) is 13.1. The van der Waals surface area contributed by atoms with Crippen LogP contribution in [-0.2, 0) is 37.9 Å². The summed E-state index contributed by atoms with van der Waals surface area (Å²) < 4.78 is 52.2. The summed E-state index contributed by atoms with van der Waals surface area (Å²) in [5, 5.41) is 32.1. The Kier molecular flexibility index (Phi) is 20.4. The van der Waals surface area contributed by atoms with Crippen LogP contribution in [-0.4, -0.2) is 143 Å². The number of halogens is 2. The molecule has 20 heteroatoms. The van der Waals surface area contributed by atoms with Crippen LogP contribution in [0.4, 0.5) is 15.3 Å². The van der Waals surface area contributed by atoms with Crippen molar-refractivity contribution in [3.8, 4) is 5.75 Å². The van der Waals surface area contributed by atoms with Crippen molar-refractivity contribution in [1.82, 2.24) is 5.32 Å². The first kappa shape index (κ1) is 58.4. The van der Waals surface area contributed by atoms with Gasteiger partial charge in [-0.3, -0.25) is 10.1 Å². The Balaban J connectivity index is 0.000000257.